The molecule has 161 valence electrons. The van der Waals surface area contributed by atoms with Crippen molar-refractivity contribution in [1.82, 2.24) is 10.2 Å². The zero-order chi connectivity index (χ0) is 21.8. The Balaban J connectivity index is 1.85. The van der Waals surface area contributed by atoms with Crippen LogP contribution in [-0.2, 0) is 16.1 Å². The Hall–Kier alpha value is -2.53. The molecule has 2 amide bonds. The fraction of sp³-hybridized carbons (Fsp3) is 0.545. The van der Waals surface area contributed by atoms with Crippen molar-refractivity contribution in [2.24, 2.45) is 11.1 Å². The summed E-state index contributed by atoms with van der Waals surface area (Å²) in [6, 6.07) is 5.68. The third kappa shape index (κ3) is 4.31. The fourth-order valence-corrected chi connectivity index (χ4v) is 4.52. The first kappa shape index (κ1) is 22.2. The summed E-state index contributed by atoms with van der Waals surface area (Å²) in [5, 5.41) is 12.9. The van der Waals surface area contributed by atoms with E-state index in [1.807, 2.05) is 0 Å². The van der Waals surface area contributed by atoms with Gasteiger partial charge in [0.15, 0.2) is 0 Å². The van der Waals surface area contributed by atoms with E-state index in [2.05, 4.69) is 11.4 Å². The van der Waals surface area contributed by atoms with Crippen molar-refractivity contribution in [2.75, 3.05) is 13.1 Å². The number of rotatable bonds is 7. The second kappa shape index (κ2) is 9.09. The molecule has 1 radical (unpaired) electrons. The summed E-state index contributed by atoms with van der Waals surface area (Å²) in [6.07, 6.45) is 5.84. The minimum atomic E-state index is -1.21. The molecule has 3 N–H and O–H groups in total. The van der Waals surface area contributed by atoms with Gasteiger partial charge in [0.2, 0.25) is 11.8 Å². The van der Waals surface area contributed by atoms with E-state index in [0.717, 1.165) is 31.4 Å². The molecular formula is C22H27F2N4O2. The molecule has 30 heavy (non-hydrogen) atoms. The zero-order valence-electron chi connectivity index (χ0n) is 16.9. The second-order valence-electron chi connectivity index (χ2n) is 8.31. The molecule has 1 aromatic rings. The summed E-state index contributed by atoms with van der Waals surface area (Å²) in [4.78, 5) is 26.6. The SMILES string of the molecule is N#CC1(N(Cc2c(F)cccc2F)C(=O)[CH]CC2(C(N)=O)CCCCC2)CCNC1. The van der Waals surface area contributed by atoms with Crippen molar-refractivity contribution in [3.63, 3.8) is 0 Å². The molecule has 1 aliphatic carbocycles. The van der Waals surface area contributed by atoms with Crippen LogP contribution in [0.3, 0.4) is 0 Å². The second-order valence-corrected chi connectivity index (χ2v) is 8.31. The quantitative estimate of drug-likeness (QED) is 0.712. The number of hydrogen-bond acceptors (Lipinski definition) is 4. The van der Waals surface area contributed by atoms with Crippen molar-refractivity contribution in [1.29, 1.82) is 5.26 Å². The highest BCUT2D eigenvalue weighted by atomic mass is 19.1. The number of nitriles is 1. The smallest absolute Gasteiger partial charge is 0.228 e. The molecule has 1 aliphatic heterocycles. The third-order valence-corrected chi connectivity index (χ3v) is 6.50. The van der Waals surface area contributed by atoms with Gasteiger partial charge in [0.1, 0.15) is 17.2 Å². The maximum absolute atomic E-state index is 14.3. The van der Waals surface area contributed by atoms with E-state index in [4.69, 9.17) is 5.73 Å². The number of carbonyl (C=O) groups excluding carboxylic acids is 2. The van der Waals surface area contributed by atoms with E-state index in [1.165, 1.54) is 17.4 Å². The molecule has 3 rings (SSSR count). The molecule has 1 unspecified atom stereocenters. The van der Waals surface area contributed by atoms with Crippen LogP contribution in [0.1, 0.15) is 50.5 Å². The van der Waals surface area contributed by atoms with Gasteiger partial charge >= 0.3 is 0 Å². The third-order valence-electron chi connectivity index (χ3n) is 6.50. The fourth-order valence-electron chi connectivity index (χ4n) is 4.52. The number of primary amides is 1. The Morgan fingerprint density at radius 1 is 1.20 bits per heavy atom. The van der Waals surface area contributed by atoms with Crippen molar-refractivity contribution in [3.05, 3.63) is 41.8 Å². The molecule has 0 aromatic heterocycles. The highest BCUT2D eigenvalue weighted by Gasteiger charge is 2.45. The van der Waals surface area contributed by atoms with Gasteiger partial charge in [0, 0.05) is 17.5 Å². The predicted octanol–water partition coefficient (Wildman–Crippen LogP) is 2.58. The summed E-state index contributed by atoms with van der Waals surface area (Å²) < 4.78 is 28.6. The molecule has 2 aliphatic rings. The Kier molecular flexibility index (Phi) is 6.71. The van der Waals surface area contributed by atoms with E-state index < -0.39 is 34.4 Å². The summed E-state index contributed by atoms with van der Waals surface area (Å²) >= 11 is 0. The summed E-state index contributed by atoms with van der Waals surface area (Å²) in [7, 11) is 0. The summed E-state index contributed by atoms with van der Waals surface area (Å²) in [6.45, 7) is 0.356. The summed E-state index contributed by atoms with van der Waals surface area (Å²) in [5.41, 5.74) is 3.40. The van der Waals surface area contributed by atoms with E-state index in [0.29, 0.717) is 25.8 Å². The molecule has 0 spiro atoms. The lowest BCUT2D eigenvalue weighted by Gasteiger charge is -2.38. The van der Waals surface area contributed by atoms with Crippen LogP contribution in [0, 0.1) is 34.8 Å². The van der Waals surface area contributed by atoms with E-state index in [1.54, 1.807) is 0 Å². The zero-order valence-corrected chi connectivity index (χ0v) is 16.9. The summed E-state index contributed by atoms with van der Waals surface area (Å²) in [5.74, 6) is -2.50. The first-order chi connectivity index (χ1) is 14.3. The van der Waals surface area contributed by atoms with Crippen LogP contribution in [0.2, 0.25) is 0 Å². The molecule has 1 atom stereocenters. The van der Waals surface area contributed by atoms with Crippen molar-refractivity contribution >= 4 is 11.8 Å². The molecular weight excluding hydrogens is 390 g/mol. The molecule has 1 saturated heterocycles. The number of carbonyl (C=O) groups is 2. The normalized spacial score (nSPS) is 23.0. The van der Waals surface area contributed by atoms with Crippen LogP contribution in [-0.4, -0.2) is 35.3 Å². The monoisotopic (exact) mass is 417 g/mol. The Morgan fingerprint density at radius 3 is 2.40 bits per heavy atom. The Bertz CT molecular complexity index is 820. The van der Waals surface area contributed by atoms with Gasteiger partial charge < -0.3 is 16.0 Å². The maximum Gasteiger partial charge on any atom is 0.228 e. The van der Waals surface area contributed by atoms with E-state index >= 15 is 0 Å². The molecule has 2 fully saturated rings. The van der Waals surface area contributed by atoms with Gasteiger partial charge in [-0.1, -0.05) is 25.3 Å². The van der Waals surface area contributed by atoms with Crippen LogP contribution in [0.15, 0.2) is 18.2 Å². The van der Waals surface area contributed by atoms with E-state index in [9.17, 15) is 23.6 Å². The van der Waals surface area contributed by atoms with Crippen LogP contribution in [0.4, 0.5) is 8.78 Å². The lowest BCUT2D eigenvalue weighted by molar-refractivity contribution is -0.134. The maximum atomic E-state index is 14.3. The number of nitrogens with two attached hydrogens (primary N) is 1. The molecule has 1 saturated carbocycles. The number of benzene rings is 1. The van der Waals surface area contributed by atoms with Gasteiger partial charge in [0.25, 0.3) is 0 Å². The molecule has 6 nitrogen and oxygen atoms in total. The average Bonchev–Trinajstić information content (AvgIpc) is 3.22. The van der Waals surface area contributed by atoms with Crippen molar-refractivity contribution in [3.8, 4) is 6.07 Å². The number of halogens is 2. The van der Waals surface area contributed by atoms with Gasteiger partial charge in [-0.05, 0) is 44.4 Å². The highest BCUT2D eigenvalue weighted by molar-refractivity contribution is 5.88. The van der Waals surface area contributed by atoms with Gasteiger partial charge in [-0.15, -0.1) is 0 Å². The lowest BCUT2D eigenvalue weighted by Crippen LogP contribution is -2.52. The first-order valence-corrected chi connectivity index (χ1v) is 10.3. The lowest BCUT2D eigenvalue weighted by atomic mass is 9.70. The number of nitrogens with zero attached hydrogens (tertiary/aromatic N) is 2. The molecule has 8 heteroatoms. The molecule has 1 aromatic carbocycles. The minimum absolute atomic E-state index is 0.159. The van der Waals surface area contributed by atoms with Gasteiger partial charge in [-0.2, -0.15) is 5.26 Å². The number of nitrogens with one attached hydrogen (secondary N) is 1. The van der Waals surface area contributed by atoms with Crippen molar-refractivity contribution < 1.29 is 18.4 Å². The first-order valence-electron chi connectivity index (χ1n) is 10.3. The van der Waals surface area contributed by atoms with Gasteiger partial charge in [-0.3, -0.25) is 9.59 Å². The number of hydrogen-bond donors (Lipinski definition) is 2. The number of amides is 2. The van der Waals surface area contributed by atoms with E-state index in [-0.39, 0.29) is 25.1 Å². The van der Waals surface area contributed by atoms with Crippen LogP contribution < -0.4 is 11.1 Å². The van der Waals surface area contributed by atoms with Crippen LogP contribution >= 0.6 is 0 Å². The highest BCUT2D eigenvalue weighted by Crippen LogP contribution is 2.40. The van der Waals surface area contributed by atoms with Crippen LogP contribution in [0.25, 0.3) is 0 Å². The molecule has 1 heterocycles. The topological polar surface area (TPSA) is 99.2 Å². The standard InChI is InChI=1S/C22H27F2N4O2/c23-17-5-4-6-18(24)16(17)13-28(22(14-25)11-12-27-15-22)19(29)7-10-21(20(26)30)8-2-1-3-9-21/h4-7,27H,1-3,8-13,15H2,(H2,26,30). The average molecular weight is 417 g/mol. The minimum Gasteiger partial charge on any atom is -0.369 e. The van der Waals surface area contributed by atoms with Crippen LogP contribution in [0.5, 0.6) is 0 Å². The van der Waals surface area contributed by atoms with Gasteiger partial charge in [0.05, 0.1) is 19.0 Å². The largest absolute Gasteiger partial charge is 0.369 e. The molecule has 0 bridgehead atoms. The van der Waals surface area contributed by atoms with Gasteiger partial charge in [-0.25, -0.2) is 8.78 Å². The predicted molar refractivity (Wildman–Crippen MR) is 106 cm³/mol. The van der Waals surface area contributed by atoms with Crippen molar-refractivity contribution in [2.45, 2.75) is 57.0 Å². The Morgan fingerprint density at radius 2 is 1.87 bits per heavy atom. The Labute approximate surface area is 175 Å².